The highest BCUT2D eigenvalue weighted by Gasteiger charge is 2.31. The summed E-state index contributed by atoms with van der Waals surface area (Å²) < 4.78 is 16.3. The van der Waals surface area contributed by atoms with Gasteiger partial charge in [0.15, 0.2) is 24.2 Å². The molecule has 3 rings (SSSR count). The van der Waals surface area contributed by atoms with E-state index in [-0.39, 0.29) is 19.1 Å². The van der Waals surface area contributed by atoms with Crippen LogP contribution in [0.4, 0.5) is 11.4 Å². The molecular weight excluding hydrogens is 388 g/mol. The van der Waals surface area contributed by atoms with Crippen LogP contribution in [0.1, 0.15) is 20.3 Å². The van der Waals surface area contributed by atoms with Gasteiger partial charge in [0, 0.05) is 0 Å². The third-order valence-corrected chi connectivity index (χ3v) is 4.35. The van der Waals surface area contributed by atoms with Gasteiger partial charge in [-0.05, 0) is 37.6 Å². The Kier molecular flexibility index (Phi) is 6.90. The molecule has 0 radical (unpaired) electrons. The molecule has 30 heavy (non-hydrogen) atoms. The van der Waals surface area contributed by atoms with Gasteiger partial charge in [-0.25, -0.2) is 4.79 Å². The van der Waals surface area contributed by atoms with E-state index in [9.17, 15) is 14.4 Å². The number of carbonyl (C=O) groups excluding carboxylic acids is 3. The maximum Gasteiger partial charge on any atom is 0.344 e. The monoisotopic (exact) mass is 412 g/mol. The van der Waals surface area contributed by atoms with Crippen molar-refractivity contribution in [2.45, 2.75) is 26.4 Å². The van der Waals surface area contributed by atoms with Crippen LogP contribution in [0.15, 0.2) is 48.5 Å². The molecule has 1 aliphatic rings. The highest BCUT2D eigenvalue weighted by molar-refractivity contribution is 6.11. The smallest absolute Gasteiger partial charge is 0.344 e. The molecule has 0 saturated heterocycles. The van der Waals surface area contributed by atoms with Gasteiger partial charge < -0.3 is 19.5 Å². The number of nitrogens with zero attached hydrogens (tertiary/aromatic N) is 1. The molecule has 2 amide bonds. The first-order valence-electron chi connectivity index (χ1n) is 9.74. The molecule has 0 aliphatic carbocycles. The van der Waals surface area contributed by atoms with Crippen molar-refractivity contribution < 1.29 is 28.6 Å². The highest BCUT2D eigenvalue weighted by atomic mass is 16.6. The summed E-state index contributed by atoms with van der Waals surface area (Å²) in [6.45, 7) is 3.47. The van der Waals surface area contributed by atoms with E-state index >= 15 is 0 Å². The number of hydrogen-bond acceptors (Lipinski definition) is 6. The van der Waals surface area contributed by atoms with Crippen molar-refractivity contribution in [1.29, 1.82) is 0 Å². The van der Waals surface area contributed by atoms with Crippen LogP contribution in [0.25, 0.3) is 0 Å². The molecule has 2 aromatic carbocycles. The van der Waals surface area contributed by atoms with Crippen molar-refractivity contribution in [2.75, 3.05) is 30.0 Å². The predicted molar refractivity (Wildman–Crippen MR) is 111 cm³/mol. The lowest BCUT2D eigenvalue weighted by atomic mass is 10.1. The van der Waals surface area contributed by atoms with E-state index in [1.165, 1.54) is 11.8 Å². The zero-order valence-corrected chi connectivity index (χ0v) is 16.9. The SMILES string of the molecule is CCCOc1ccccc1OCC(=O)O[C@H](C)C(=O)N1CC(=O)Nc2ccccc21. The summed E-state index contributed by atoms with van der Waals surface area (Å²) in [4.78, 5) is 38.2. The summed E-state index contributed by atoms with van der Waals surface area (Å²) in [5, 5.41) is 2.71. The number of amides is 2. The molecule has 158 valence electrons. The van der Waals surface area contributed by atoms with Crippen LogP contribution in [0.5, 0.6) is 11.5 Å². The van der Waals surface area contributed by atoms with Crippen LogP contribution in [-0.2, 0) is 19.1 Å². The van der Waals surface area contributed by atoms with Crippen molar-refractivity contribution in [2.24, 2.45) is 0 Å². The molecule has 0 unspecified atom stereocenters. The number of anilines is 2. The van der Waals surface area contributed by atoms with Gasteiger partial charge in [0.25, 0.3) is 5.91 Å². The first-order chi connectivity index (χ1) is 14.5. The highest BCUT2D eigenvalue weighted by Crippen LogP contribution is 2.30. The van der Waals surface area contributed by atoms with Crippen LogP contribution in [0, 0.1) is 0 Å². The minimum absolute atomic E-state index is 0.142. The first kappa shape index (κ1) is 21.2. The van der Waals surface area contributed by atoms with Crippen LogP contribution in [0.3, 0.4) is 0 Å². The molecule has 0 aromatic heterocycles. The number of carbonyl (C=O) groups is 3. The second kappa shape index (κ2) is 9.78. The molecule has 1 N–H and O–H groups in total. The minimum Gasteiger partial charge on any atom is -0.490 e. The molecule has 8 heteroatoms. The number of rotatable bonds is 8. The number of esters is 1. The van der Waals surface area contributed by atoms with Gasteiger partial charge >= 0.3 is 5.97 Å². The fourth-order valence-corrected chi connectivity index (χ4v) is 2.97. The van der Waals surface area contributed by atoms with Crippen molar-refractivity contribution in [3.05, 3.63) is 48.5 Å². The van der Waals surface area contributed by atoms with Gasteiger partial charge in [0.05, 0.1) is 18.0 Å². The summed E-state index contributed by atoms with van der Waals surface area (Å²) >= 11 is 0. The van der Waals surface area contributed by atoms with Crippen molar-refractivity contribution in [3.63, 3.8) is 0 Å². The van der Waals surface area contributed by atoms with Crippen molar-refractivity contribution in [1.82, 2.24) is 0 Å². The second-order valence-corrected chi connectivity index (χ2v) is 6.71. The lowest BCUT2D eigenvalue weighted by Gasteiger charge is -2.30. The Morgan fingerprint density at radius 3 is 2.47 bits per heavy atom. The molecular formula is C22H24N2O6. The van der Waals surface area contributed by atoms with Crippen molar-refractivity contribution >= 4 is 29.2 Å². The third kappa shape index (κ3) is 5.08. The zero-order chi connectivity index (χ0) is 21.5. The number of nitrogens with one attached hydrogen (secondary N) is 1. The molecule has 1 aliphatic heterocycles. The molecule has 0 saturated carbocycles. The van der Waals surface area contributed by atoms with E-state index in [0.29, 0.717) is 29.5 Å². The Morgan fingerprint density at radius 2 is 1.73 bits per heavy atom. The molecule has 1 heterocycles. The van der Waals surface area contributed by atoms with E-state index in [1.54, 1.807) is 42.5 Å². The summed E-state index contributed by atoms with van der Waals surface area (Å²) in [5.41, 5.74) is 1.09. The third-order valence-electron chi connectivity index (χ3n) is 4.35. The summed E-state index contributed by atoms with van der Waals surface area (Å²) in [5.74, 6) is -0.545. The number of para-hydroxylation sites is 4. The largest absolute Gasteiger partial charge is 0.490 e. The average molecular weight is 412 g/mol. The first-order valence-corrected chi connectivity index (χ1v) is 9.74. The normalized spacial score (nSPS) is 13.7. The number of hydrogen-bond donors (Lipinski definition) is 1. The average Bonchev–Trinajstić information content (AvgIpc) is 2.75. The van der Waals surface area contributed by atoms with Gasteiger partial charge in [-0.1, -0.05) is 31.2 Å². The maximum absolute atomic E-state index is 12.8. The van der Waals surface area contributed by atoms with Gasteiger partial charge in [-0.3, -0.25) is 14.5 Å². The van der Waals surface area contributed by atoms with E-state index in [2.05, 4.69) is 5.32 Å². The van der Waals surface area contributed by atoms with E-state index < -0.39 is 18.0 Å². The topological polar surface area (TPSA) is 94.2 Å². The Bertz CT molecular complexity index is 929. The van der Waals surface area contributed by atoms with E-state index in [4.69, 9.17) is 14.2 Å². The predicted octanol–water partition coefficient (Wildman–Crippen LogP) is 2.77. The van der Waals surface area contributed by atoms with Crippen molar-refractivity contribution in [3.8, 4) is 11.5 Å². The van der Waals surface area contributed by atoms with Gasteiger partial charge in [0.1, 0.15) is 6.54 Å². The number of fused-ring (bicyclic) bond motifs is 1. The zero-order valence-electron chi connectivity index (χ0n) is 16.9. The number of ether oxygens (including phenoxy) is 3. The summed E-state index contributed by atoms with van der Waals surface area (Å²) in [6, 6.07) is 14.0. The second-order valence-electron chi connectivity index (χ2n) is 6.71. The molecule has 0 bridgehead atoms. The lowest BCUT2D eigenvalue weighted by Crippen LogP contribution is -2.47. The Morgan fingerprint density at radius 1 is 1.07 bits per heavy atom. The van der Waals surface area contributed by atoms with E-state index in [1.807, 2.05) is 13.0 Å². The number of benzene rings is 2. The molecule has 8 nitrogen and oxygen atoms in total. The van der Waals surface area contributed by atoms with Crippen LogP contribution in [-0.4, -0.2) is 43.6 Å². The lowest BCUT2D eigenvalue weighted by molar-refractivity contribution is -0.155. The molecule has 1 atom stereocenters. The van der Waals surface area contributed by atoms with Crippen LogP contribution in [0.2, 0.25) is 0 Å². The van der Waals surface area contributed by atoms with Gasteiger partial charge in [-0.15, -0.1) is 0 Å². The fourth-order valence-electron chi connectivity index (χ4n) is 2.97. The standard InChI is InChI=1S/C22H24N2O6/c1-3-12-28-18-10-6-7-11-19(18)29-14-21(26)30-15(2)22(27)24-13-20(25)23-16-8-4-5-9-17(16)24/h4-11,15H,3,12-14H2,1-2H3,(H,23,25)/t15-/m1/s1. The minimum atomic E-state index is -1.08. The summed E-state index contributed by atoms with van der Waals surface area (Å²) in [7, 11) is 0. The van der Waals surface area contributed by atoms with Crippen LogP contribution >= 0.6 is 0 Å². The Balaban J connectivity index is 1.59. The maximum atomic E-state index is 12.8. The quantitative estimate of drug-likeness (QED) is 0.670. The summed E-state index contributed by atoms with van der Waals surface area (Å²) in [6.07, 6.45) is -0.236. The Labute approximate surface area is 174 Å². The molecule has 2 aromatic rings. The molecule has 0 spiro atoms. The Hall–Kier alpha value is -3.55. The fraction of sp³-hybridized carbons (Fsp3) is 0.318. The van der Waals surface area contributed by atoms with Crippen LogP contribution < -0.4 is 19.7 Å². The van der Waals surface area contributed by atoms with E-state index in [0.717, 1.165) is 6.42 Å². The van der Waals surface area contributed by atoms with Gasteiger partial charge in [-0.2, -0.15) is 0 Å². The molecule has 0 fully saturated rings. The van der Waals surface area contributed by atoms with Gasteiger partial charge in [0.2, 0.25) is 5.91 Å².